The second kappa shape index (κ2) is 5.87. The summed E-state index contributed by atoms with van der Waals surface area (Å²) in [6.45, 7) is 0. The van der Waals surface area contributed by atoms with Crippen LogP contribution in [-0.2, 0) is 10.0 Å². The zero-order chi connectivity index (χ0) is 13.8. The third kappa shape index (κ3) is 4.04. The zero-order valence-electron chi connectivity index (χ0n) is 9.17. The summed E-state index contributed by atoms with van der Waals surface area (Å²) < 4.78 is 25.2. The van der Waals surface area contributed by atoms with E-state index in [1.807, 2.05) is 0 Å². The molecule has 0 heterocycles. The summed E-state index contributed by atoms with van der Waals surface area (Å²) in [6.07, 6.45) is 0.268. The van der Waals surface area contributed by atoms with Crippen LogP contribution in [0.15, 0.2) is 18.2 Å². The Labute approximate surface area is 109 Å². The average Bonchev–Trinajstić information content (AvgIpc) is 2.29. The molecule has 1 rings (SSSR count). The Morgan fingerprint density at radius 1 is 1.44 bits per heavy atom. The molecule has 0 aliphatic rings. The normalized spacial score (nSPS) is 11.2. The first-order chi connectivity index (χ1) is 8.35. The maximum atomic E-state index is 11.5. The lowest BCUT2D eigenvalue weighted by atomic mass is 10.3. The molecule has 0 unspecified atom stereocenters. The number of non-ortho nitro benzene ring substituents is 1. The van der Waals surface area contributed by atoms with Gasteiger partial charge in [0.2, 0.25) is 10.0 Å². The molecule has 0 saturated heterocycles. The minimum absolute atomic E-state index is 0.102. The van der Waals surface area contributed by atoms with Gasteiger partial charge in [0.15, 0.2) is 0 Å². The molecule has 0 spiro atoms. The Kier molecular flexibility index (Phi) is 4.74. The van der Waals surface area contributed by atoms with Crippen LogP contribution in [0.4, 0.5) is 11.4 Å². The van der Waals surface area contributed by atoms with E-state index in [-0.39, 0.29) is 29.4 Å². The molecular formula is C9H11ClN2O5S. The van der Waals surface area contributed by atoms with E-state index in [1.165, 1.54) is 0 Å². The van der Waals surface area contributed by atoms with Crippen LogP contribution in [0.2, 0.25) is 0 Å². The first kappa shape index (κ1) is 14.5. The summed E-state index contributed by atoms with van der Waals surface area (Å²) in [6, 6.07) is 3.10. The lowest BCUT2D eigenvalue weighted by molar-refractivity contribution is -0.384. The number of aromatic hydroxyl groups is 1. The summed E-state index contributed by atoms with van der Waals surface area (Å²) >= 11 is 5.38. The Morgan fingerprint density at radius 3 is 2.61 bits per heavy atom. The van der Waals surface area contributed by atoms with Gasteiger partial charge in [-0.3, -0.25) is 14.8 Å². The van der Waals surface area contributed by atoms with Gasteiger partial charge < -0.3 is 5.11 Å². The molecule has 1 aromatic carbocycles. The highest BCUT2D eigenvalue weighted by molar-refractivity contribution is 7.92. The van der Waals surface area contributed by atoms with Gasteiger partial charge in [0, 0.05) is 11.9 Å². The molecule has 1 aromatic rings. The summed E-state index contributed by atoms with van der Waals surface area (Å²) in [7, 11) is -3.62. The average molecular weight is 295 g/mol. The number of anilines is 1. The summed E-state index contributed by atoms with van der Waals surface area (Å²) in [5.74, 6) is -0.487. The van der Waals surface area contributed by atoms with Gasteiger partial charge in [-0.1, -0.05) is 0 Å². The predicted molar refractivity (Wildman–Crippen MR) is 67.5 cm³/mol. The van der Waals surface area contributed by atoms with Crippen LogP contribution >= 0.6 is 11.6 Å². The van der Waals surface area contributed by atoms with E-state index >= 15 is 0 Å². The van der Waals surface area contributed by atoms with Gasteiger partial charge in [0.1, 0.15) is 5.75 Å². The van der Waals surface area contributed by atoms with Crippen molar-refractivity contribution >= 4 is 33.0 Å². The number of hydrogen-bond acceptors (Lipinski definition) is 5. The minimum atomic E-state index is -3.62. The number of rotatable bonds is 6. The summed E-state index contributed by atoms with van der Waals surface area (Å²) in [4.78, 5) is 9.74. The number of alkyl halides is 1. The first-order valence-corrected chi connectivity index (χ1v) is 7.08. The fourth-order valence-electron chi connectivity index (χ4n) is 1.18. The Morgan fingerprint density at radius 2 is 2.11 bits per heavy atom. The highest BCUT2D eigenvalue weighted by atomic mass is 35.5. The largest absolute Gasteiger partial charge is 0.505 e. The molecule has 0 amide bonds. The Balaban J connectivity index is 2.89. The van der Waals surface area contributed by atoms with Gasteiger partial charge in [-0.25, -0.2) is 8.42 Å². The molecular weight excluding hydrogens is 284 g/mol. The fraction of sp³-hybridized carbons (Fsp3) is 0.333. The number of phenols is 1. The van der Waals surface area contributed by atoms with E-state index in [9.17, 15) is 23.6 Å². The molecule has 0 atom stereocenters. The van der Waals surface area contributed by atoms with Crippen molar-refractivity contribution in [3.8, 4) is 5.75 Å². The van der Waals surface area contributed by atoms with Crippen molar-refractivity contribution in [2.75, 3.05) is 16.4 Å². The number of benzene rings is 1. The smallest absolute Gasteiger partial charge is 0.273 e. The van der Waals surface area contributed by atoms with Crippen molar-refractivity contribution in [2.24, 2.45) is 0 Å². The standard InChI is InChI=1S/C9H11ClN2O5S/c10-4-1-5-18(16,17)11-8-3-2-7(12(14)15)6-9(8)13/h2-3,6,11,13H,1,4-5H2. The monoisotopic (exact) mass is 294 g/mol. The quantitative estimate of drug-likeness (QED) is 0.359. The van der Waals surface area contributed by atoms with Gasteiger partial charge in [0.25, 0.3) is 5.69 Å². The highest BCUT2D eigenvalue weighted by Gasteiger charge is 2.15. The number of halogens is 1. The molecule has 0 aromatic heterocycles. The Hall–Kier alpha value is -1.54. The van der Waals surface area contributed by atoms with Gasteiger partial charge >= 0.3 is 0 Å². The topological polar surface area (TPSA) is 110 Å². The minimum Gasteiger partial charge on any atom is -0.505 e. The molecule has 2 N–H and O–H groups in total. The molecule has 0 bridgehead atoms. The van der Waals surface area contributed by atoms with Crippen LogP contribution in [0.25, 0.3) is 0 Å². The van der Waals surface area contributed by atoms with E-state index in [4.69, 9.17) is 11.6 Å². The van der Waals surface area contributed by atoms with E-state index in [0.29, 0.717) is 0 Å². The van der Waals surface area contributed by atoms with Crippen LogP contribution in [-0.4, -0.2) is 30.1 Å². The molecule has 0 fully saturated rings. The van der Waals surface area contributed by atoms with E-state index in [0.717, 1.165) is 18.2 Å². The number of hydrogen-bond donors (Lipinski definition) is 2. The van der Waals surface area contributed by atoms with Crippen molar-refractivity contribution in [3.63, 3.8) is 0 Å². The summed E-state index contributed by atoms with van der Waals surface area (Å²) in [5, 5.41) is 19.9. The van der Waals surface area contributed by atoms with Crippen molar-refractivity contribution in [2.45, 2.75) is 6.42 Å². The SMILES string of the molecule is O=[N+]([O-])c1ccc(NS(=O)(=O)CCCCl)c(O)c1. The molecule has 7 nitrogen and oxygen atoms in total. The number of nitrogens with zero attached hydrogens (tertiary/aromatic N) is 1. The number of nitro groups is 1. The van der Waals surface area contributed by atoms with E-state index in [1.54, 1.807) is 0 Å². The number of sulfonamides is 1. The predicted octanol–water partition coefficient (Wildman–Crippen LogP) is 1.67. The number of nitrogens with one attached hydrogen (secondary N) is 1. The van der Waals surface area contributed by atoms with Gasteiger partial charge in [-0.2, -0.15) is 0 Å². The van der Waals surface area contributed by atoms with Crippen LogP contribution in [0, 0.1) is 10.1 Å². The number of nitro benzene ring substituents is 1. The van der Waals surface area contributed by atoms with Crippen molar-refractivity contribution < 1.29 is 18.4 Å². The fourth-order valence-corrected chi connectivity index (χ4v) is 2.61. The maximum absolute atomic E-state index is 11.5. The molecule has 0 aliphatic carbocycles. The second-order valence-electron chi connectivity index (χ2n) is 3.42. The summed E-state index contributed by atoms with van der Waals surface area (Å²) in [5.41, 5.74) is -0.425. The molecule has 0 saturated carbocycles. The molecule has 9 heteroatoms. The third-order valence-corrected chi connectivity index (χ3v) is 3.63. The Bertz CT molecular complexity index is 546. The van der Waals surface area contributed by atoms with Crippen LogP contribution in [0.5, 0.6) is 5.75 Å². The zero-order valence-corrected chi connectivity index (χ0v) is 10.7. The van der Waals surface area contributed by atoms with Crippen LogP contribution in [0.1, 0.15) is 6.42 Å². The van der Waals surface area contributed by atoms with Crippen molar-refractivity contribution in [3.05, 3.63) is 28.3 Å². The first-order valence-electron chi connectivity index (χ1n) is 4.89. The van der Waals surface area contributed by atoms with Gasteiger partial charge in [0.05, 0.1) is 22.4 Å². The number of phenolic OH excluding ortho intramolecular Hbond substituents is 1. The van der Waals surface area contributed by atoms with Crippen molar-refractivity contribution in [1.82, 2.24) is 0 Å². The lowest BCUT2D eigenvalue weighted by Gasteiger charge is -2.08. The highest BCUT2D eigenvalue weighted by Crippen LogP contribution is 2.28. The van der Waals surface area contributed by atoms with Gasteiger partial charge in [-0.15, -0.1) is 11.6 Å². The van der Waals surface area contributed by atoms with Crippen LogP contribution < -0.4 is 4.72 Å². The van der Waals surface area contributed by atoms with Crippen LogP contribution in [0.3, 0.4) is 0 Å². The molecule has 0 radical (unpaired) electrons. The maximum Gasteiger partial charge on any atom is 0.273 e. The second-order valence-corrected chi connectivity index (χ2v) is 5.64. The molecule has 100 valence electrons. The third-order valence-electron chi connectivity index (χ3n) is 2.00. The van der Waals surface area contributed by atoms with E-state index < -0.39 is 20.7 Å². The van der Waals surface area contributed by atoms with Crippen molar-refractivity contribution in [1.29, 1.82) is 0 Å². The van der Waals surface area contributed by atoms with Gasteiger partial charge in [-0.05, 0) is 12.5 Å². The lowest BCUT2D eigenvalue weighted by Crippen LogP contribution is -2.17. The molecule has 18 heavy (non-hydrogen) atoms. The van der Waals surface area contributed by atoms with E-state index in [2.05, 4.69) is 4.72 Å². The molecule has 0 aliphatic heterocycles.